The quantitative estimate of drug-likeness (QED) is 0.214. The molecule has 0 saturated heterocycles. The molecular weight excluding hydrogens is 420 g/mol. The average molecular weight is 438 g/mol. The Morgan fingerprint density at radius 2 is 1.13 bits per heavy atom. The van der Waals surface area contributed by atoms with E-state index < -0.39 is 71.3 Å². The summed E-state index contributed by atoms with van der Waals surface area (Å²) in [5.41, 5.74) is -2.71. The lowest BCUT2D eigenvalue weighted by molar-refractivity contribution is -0.142. The zero-order valence-corrected chi connectivity index (χ0v) is 16.2. The van der Waals surface area contributed by atoms with Crippen molar-refractivity contribution in [3.05, 3.63) is 47.0 Å². The SMILES string of the molecule is C=CC(=O)OCCOC(=O)c1cc(C(=O)O)c(C(=O)OCCOC(C)=O)cc1C(=O)O. The first-order chi connectivity index (χ1) is 14.6. The predicted molar refractivity (Wildman–Crippen MR) is 98.7 cm³/mol. The molecule has 0 aromatic heterocycles. The summed E-state index contributed by atoms with van der Waals surface area (Å²) in [6.07, 6.45) is 0.882. The molecule has 0 aliphatic heterocycles. The highest BCUT2D eigenvalue weighted by Crippen LogP contribution is 2.20. The third-order valence-corrected chi connectivity index (χ3v) is 3.41. The van der Waals surface area contributed by atoms with Crippen LogP contribution >= 0.6 is 0 Å². The Hall–Kier alpha value is -4.22. The predicted octanol–water partition coefficient (Wildman–Crippen LogP) is 0.689. The number of ether oxygens (including phenoxy) is 4. The number of carbonyl (C=O) groups is 6. The van der Waals surface area contributed by atoms with Crippen LogP contribution in [0.4, 0.5) is 0 Å². The van der Waals surface area contributed by atoms with Crippen molar-refractivity contribution in [3.8, 4) is 0 Å². The summed E-state index contributed by atoms with van der Waals surface area (Å²) in [6.45, 7) is 2.80. The van der Waals surface area contributed by atoms with E-state index in [0.29, 0.717) is 12.1 Å². The fourth-order valence-corrected chi connectivity index (χ4v) is 2.10. The molecule has 0 unspecified atom stereocenters. The summed E-state index contributed by atoms with van der Waals surface area (Å²) in [5, 5.41) is 18.7. The lowest BCUT2D eigenvalue weighted by atomic mass is 9.98. The Labute approximate surface area is 174 Å². The van der Waals surface area contributed by atoms with Crippen molar-refractivity contribution in [3.63, 3.8) is 0 Å². The van der Waals surface area contributed by atoms with E-state index in [9.17, 15) is 39.0 Å². The molecule has 0 spiro atoms. The number of carboxylic acid groups (broad SMARTS) is 2. The molecule has 0 atom stereocenters. The van der Waals surface area contributed by atoms with Crippen LogP contribution in [-0.4, -0.2) is 72.5 Å². The zero-order chi connectivity index (χ0) is 23.6. The van der Waals surface area contributed by atoms with Gasteiger partial charge in [0.25, 0.3) is 0 Å². The fraction of sp³-hybridized carbons (Fsp3) is 0.263. The van der Waals surface area contributed by atoms with Crippen molar-refractivity contribution in [2.45, 2.75) is 6.92 Å². The van der Waals surface area contributed by atoms with Gasteiger partial charge in [-0.1, -0.05) is 6.58 Å². The van der Waals surface area contributed by atoms with Crippen molar-refractivity contribution in [2.75, 3.05) is 26.4 Å². The van der Waals surface area contributed by atoms with Crippen molar-refractivity contribution in [2.24, 2.45) is 0 Å². The lowest BCUT2D eigenvalue weighted by Crippen LogP contribution is -2.20. The minimum absolute atomic E-state index is 0.296. The third-order valence-electron chi connectivity index (χ3n) is 3.41. The van der Waals surface area contributed by atoms with Gasteiger partial charge in [-0.25, -0.2) is 24.0 Å². The smallest absolute Gasteiger partial charge is 0.339 e. The molecular formula is C19H18O12. The molecule has 0 bridgehead atoms. The summed E-state index contributed by atoms with van der Waals surface area (Å²) in [4.78, 5) is 69.1. The number of carbonyl (C=O) groups excluding carboxylic acids is 4. The molecule has 1 aromatic rings. The molecule has 0 heterocycles. The van der Waals surface area contributed by atoms with Crippen molar-refractivity contribution >= 4 is 35.8 Å². The molecule has 31 heavy (non-hydrogen) atoms. The Morgan fingerprint density at radius 3 is 1.48 bits per heavy atom. The van der Waals surface area contributed by atoms with Gasteiger partial charge in [0.05, 0.1) is 22.3 Å². The number of hydrogen-bond acceptors (Lipinski definition) is 10. The highest BCUT2D eigenvalue weighted by molar-refractivity contribution is 6.09. The number of benzene rings is 1. The van der Waals surface area contributed by atoms with Crippen molar-refractivity contribution in [1.29, 1.82) is 0 Å². The largest absolute Gasteiger partial charge is 0.478 e. The van der Waals surface area contributed by atoms with E-state index in [1.165, 1.54) is 0 Å². The van der Waals surface area contributed by atoms with Crippen LogP contribution in [-0.2, 0) is 28.5 Å². The van der Waals surface area contributed by atoms with E-state index in [4.69, 9.17) is 9.47 Å². The van der Waals surface area contributed by atoms with Crippen LogP contribution in [0.15, 0.2) is 24.8 Å². The topological polar surface area (TPSA) is 180 Å². The fourth-order valence-electron chi connectivity index (χ4n) is 2.10. The van der Waals surface area contributed by atoms with E-state index in [-0.39, 0.29) is 13.2 Å². The van der Waals surface area contributed by atoms with Crippen LogP contribution in [0.25, 0.3) is 0 Å². The van der Waals surface area contributed by atoms with Crippen LogP contribution in [0.2, 0.25) is 0 Å². The molecule has 0 aliphatic rings. The highest BCUT2D eigenvalue weighted by Gasteiger charge is 2.27. The summed E-state index contributed by atoms with van der Waals surface area (Å²) >= 11 is 0. The molecule has 0 fully saturated rings. The lowest BCUT2D eigenvalue weighted by Gasteiger charge is -2.12. The molecule has 166 valence electrons. The number of carboxylic acids is 2. The maximum Gasteiger partial charge on any atom is 0.339 e. The van der Waals surface area contributed by atoms with Crippen LogP contribution in [0.5, 0.6) is 0 Å². The number of aromatic carboxylic acids is 2. The number of hydrogen-bond donors (Lipinski definition) is 2. The van der Waals surface area contributed by atoms with Gasteiger partial charge in [-0.2, -0.15) is 0 Å². The second-order valence-corrected chi connectivity index (χ2v) is 5.54. The van der Waals surface area contributed by atoms with E-state index >= 15 is 0 Å². The molecule has 12 heteroatoms. The van der Waals surface area contributed by atoms with Gasteiger partial charge in [0, 0.05) is 13.0 Å². The van der Waals surface area contributed by atoms with Gasteiger partial charge in [-0.3, -0.25) is 4.79 Å². The Morgan fingerprint density at radius 1 is 0.742 bits per heavy atom. The minimum atomic E-state index is -1.64. The van der Waals surface area contributed by atoms with Gasteiger partial charge in [-0.15, -0.1) is 0 Å². The molecule has 0 saturated carbocycles. The van der Waals surface area contributed by atoms with Crippen molar-refractivity contribution < 1.29 is 57.9 Å². The summed E-state index contributed by atoms with van der Waals surface area (Å²) in [7, 11) is 0. The van der Waals surface area contributed by atoms with Gasteiger partial charge in [0.2, 0.25) is 0 Å². The van der Waals surface area contributed by atoms with Gasteiger partial charge in [-0.05, 0) is 12.1 Å². The second-order valence-electron chi connectivity index (χ2n) is 5.54. The minimum Gasteiger partial charge on any atom is -0.478 e. The van der Waals surface area contributed by atoms with Gasteiger partial charge in [0.1, 0.15) is 26.4 Å². The molecule has 0 amide bonds. The van der Waals surface area contributed by atoms with Crippen LogP contribution < -0.4 is 0 Å². The molecule has 1 rings (SSSR count). The van der Waals surface area contributed by atoms with Gasteiger partial charge < -0.3 is 29.2 Å². The standard InChI is InChI=1S/C19H18O12/c1-3-15(21)29-5-7-31-19(27)14-9-11(16(22)23)13(8-12(14)17(24)25)18(26)30-6-4-28-10(2)20/h3,8-9H,1,4-7H2,2H3,(H,22,23)(H,24,25). The van der Waals surface area contributed by atoms with E-state index in [0.717, 1.165) is 13.0 Å². The first-order valence-electron chi connectivity index (χ1n) is 8.49. The molecule has 1 aromatic carbocycles. The van der Waals surface area contributed by atoms with Gasteiger partial charge in [0.15, 0.2) is 0 Å². The van der Waals surface area contributed by atoms with Crippen LogP contribution in [0.1, 0.15) is 48.4 Å². The van der Waals surface area contributed by atoms with E-state index in [1.54, 1.807) is 0 Å². The maximum absolute atomic E-state index is 12.2. The van der Waals surface area contributed by atoms with Crippen LogP contribution in [0, 0.1) is 0 Å². The van der Waals surface area contributed by atoms with Crippen LogP contribution in [0.3, 0.4) is 0 Å². The monoisotopic (exact) mass is 438 g/mol. The molecule has 0 aliphatic carbocycles. The number of rotatable bonds is 11. The Bertz CT molecular complexity index is 915. The molecule has 0 radical (unpaired) electrons. The first kappa shape index (κ1) is 24.8. The first-order valence-corrected chi connectivity index (χ1v) is 8.49. The summed E-state index contributed by atoms with van der Waals surface area (Å²) < 4.78 is 18.7. The normalized spacial score (nSPS) is 9.84. The zero-order valence-electron chi connectivity index (χ0n) is 16.2. The van der Waals surface area contributed by atoms with E-state index in [2.05, 4.69) is 16.1 Å². The average Bonchev–Trinajstić information content (AvgIpc) is 2.72. The van der Waals surface area contributed by atoms with E-state index in [1.807, 2.05) is 0 Å². The number of esters is 4. The molecule has 12 nitrogen and oxygen atoms in total. The van der Waals surface area contributed by atoms with Crippen molar-refractivity contribution in [1.82, 2.24) is 0 Å². The summed E-state index contributed by atoms with van der Waals surface area (Å²) in [6, 6.07) is 1.32. The third kappa shape index (κ3) is 7.61. The highest BCUT2D eigenvalue weighted by atomic mass is 16.6. The second kappa shape index (κ2) is 11.7. The maximum atomic E-state index is 12.2. The Kier molecular flexibility index (Phi) is 9.37. The summed E-state index contributed by atoms with van der Waals surface area (Å²) in [5.74, 6) is -7.11. The molecule has 2 N–H and O–H groups in total. The Balaban J connectivity index is 3.10. The van der Waals surface area contributed by atoms with Gasteiger partial charge >= 0.3 is 35.8 Å².